The van der Waals surface area contributed by atoms with Crippen molar-refractivity contribution in [2.75, 3.05) is 0 Å². The van der Waals surface area contributed by atoms with Gasteiger partial charge < -0.3 is 14.6 Å². The summed E-state index contributed by atoms with van der Waals surface area (Å²) in [4.78, 5) is 0. The van der Waals surface area contributed by atoms with Crippen LogP contribution in [0.2, 0.25) is 5.02 Å². The van der Waals surface area contributed by atoms with Gasteiger partial charge in [-0.05, 0) is 47.0 Å². The second-order valence-electron chi connectivity index (χ2n) is 6.03. The molecule has 0 saturated heterocycles. The van der Waals surface area contributed by atoms with Gasteiger partial charge in [-0.3, -0.25) is 0 Å². The van der Waals surface area contributed by atoms with Crippen molar-refractivity contribution in [1.29, 1.82) is 5.26 Å². The predicted molar refractivity (Wildman–Crippen MR) is 94.3 cm³/mol. The van der Waals surface area contributed by atoms with Gasteiger partial charge in [0, 0.05) is 5.56 Å². The molecule has 1 heterocycles. The Labute approximate surface area is 157 Å². The first-order valence-corrected chi connectivity index (χ1v) is 8.19. The number of fused-ring (bicyclic) bond motifs is 1. The Morgan fingerprint density at radius 3 is 2.63 bits per heavy atom. The van der Waals surface area contributed by atoms with Crippen LogP contribution >= 0.6 is 11.6 Å². The maximum atomic E-state index is 14.7. The Bertz CT molecular complexity index is 1140. The lowest BCUT2D eigenvalue weighted by atomic mass is 9.87. The molecule has 0 bridgehead atoms. The zero-order valence-electron chi connectivity index (χ0n) is 13.5. The number of allylic oxidation sites excluding steroid dienone is 1. The second kappa shape index (κ2) is 6.15. The Morgan fingerprint density at radius 1 is 1.15 bits per heavy atom. The van der Waals surface area contributed by atoms with Crippen molar-refractivity contribution in [3.05, 3.63) is 81.3 Å². The van der Waals surface area contributed by atoms with Gasteiger partial charge in [0.15, 0.2) is 23.1 Å². The number of furan rings is 1. The third-order valence-corrected chi connectivity index (χ3v) is 4.82. The van der Waals surface area contributed by atoms with E-state index in [-0.39, 0.29) is 27.5 Å². The van der Waals surface area contributed by atoms with Crippen molar-refractivity contribution in [3.63, 3.8) is 0 Å². The summed E-state index contributed by atoms with van der Waals surface area (Å²) < 4.78 is 34.2. The molecule has 1 atom stereocenters. The summed E-state index contributed by atoms with van der Waals surface area (Å²) in [6.45, 7) is 0. The van der Waals surface area contributed by atoms with E-state index in [9.17, 15) is 24.3 Å². The van der Waals surface area contributed by atoms with Crippen molar-refractivity contribution < 1.29 is 23.4 Å². The zero-order valence-corrected chi connectivity index (χ0v) is 14.3. The van der Waals surface area contributed by atoms with Gasteiger partial charge >= 0.3 is 0 Å². The number of nitrogens with zero attached hydrogens (tertiary/aromatic N) is 1. The SMILES string of the molecule is N#Cc1ccoc1C1C(c2cc(F)c(O)c(Cl)c2)=Cc2ccc(O)c(F)c21. The van der Waals surface area contributed by atoms with Crippen LogP contribution in [-0.4, -0.2) is 10.2 Å². The molecule has 0 spiro atoms. The van der Waals surface area contributed by atoms with Gasteiger partial charge in [-0.2, -0.15) is 5.26 Å². The predicted octanol–water partition coefficient (Wildman–Crippen LogP) is 5.18. The topological polar surface area (TPSA) is 77.4 Å². The van der Waals surface area contributed by atoms with E-state index >= 15 is 0 Å². The number of halogens is 3. The molecule has 1 aromatic heterocycles. The minimum absolute atomic E-state index is 0.112. The average molecular weight is 386 g/mol. The van der Waals surface area contributed by atoms with Crippen LogP contribution < -0.4 is 0 Å². The van der Waals surface area contributed by atoms with E-state index in [0.29, 0.717) is 11.1 Å². The van der Waals surface area contributed by atoms with Crippen LogP contribution in [-0.2, 0) is 0 Å². The second-order valence-corrected chi connectivity index (χ2v) is 6.44. The van der Waals surface area contributed by atoms with Gasteiger partial charge in [-0.25, -0.2) is 8.78 Å². The van der Waals surface area contributed by atoms with Gasteiger partial charge in [-0.1, -0.05) is 17.7 Å². The van der Waals surface area contributed by atoms with Crippen molar-refractivity contribution >= 4 is 23.3 Å². The third kappa shape index (κ3) is 2.56. The summed E-state index contributed by atoms with van der Waals surface area (Å²) in [5.41, 5.74) is 1.46. The molecule has 4 rings (SSSR count). The van der Waals surface area contributed by atoms with Crippen molar-refractivity contribution in [1.82, 2.24) is 0 Å². The van der Waals surface area contributed by atoms with Crippen LogP contribution in [0.1, 0.15) is 33.9 Å². The lowest BCUT2D eigenvalue weighted by molar-refractivity contribution is 0.426. The number of benzene rings is 2. The standard InChI is InChI=1S/C20H10ClF2NO3/c21-13-6-11(7-14(22)19(13)26)12-5-9-1-2-15(25)18(23)16(9)17(12)20-10(8-24)3-4-27-20/h1-7,17,25-26H. The Balaban J connectivity index is 1.99. The zero-order chi connectivity index (χ0) is 19.3. The molecule has 1 aliphatic carbocycles. The molecule has 27 heavy (non-hydrogen) atoms. The van der Waals surface area contributed by atoms with Gasteiger partial charge in [0.25, 0.3) is 0 Å². The number of nitriles is 1. The van der Waals surface area contributed by atoms with Gasteiger partial charge in [0.05, 0.1) is 22.8 Å². The van der Waals surface area contributed by atoms with E-state index in [0.717, 1.165) is 6.07 Å². The lowest BCUT2D eigenvalue weighted by Crippen LogP contribution is -2.05. The number of aromatic hydroxyl groups is 2. The maximum absolute atomic E-state index is 14.7. The highest BCUT2D eigenvalue weighted by Gasteiger charge is 2.36. The van der Waals surface area contributed by atoms with Crippen LogP contribution in [0.3, 0.4) is 0 Å². The van der Waals surface area contributed by atoms with Crippen LogP contribution in [0.5, 0.6) is 11.5 Å². The summed E-state index contributed by atoms with van der Waals surface area (Å²) in [7, 11) is 0. The first-order chi connectivity index (χ1) is 12.9. The van der Waals surface area contributed by atoms with Gasteiger partial charge in [-0.15, -0.1) is 0 Å². The van der Waals surface area contributed by atoms with E-state index in [4.69, 9.17) is 16.0 Å². The first kappa shape index (κ1) is 17.1. The molecule has 2 N–H and O–H groups in total. The molecule has 0 fully saturated rings. The van der Waals surface area contributed by atoms with E-state index in [2.05, 4.69) is 0 Å². The van der Waals surface area contributed by atoms with Crippen LogP contribution in [0, 0.1) is 23.0 Å². The first-order valence-electron chi connectivity index (χ1n) is 7.81. The van der Waals surface area contributed by atoms with Gasteiger partial charge in [0.2, 0.25) is 0 Å². The smallest absolute Gasteiger partial charge is 0.170 e. The Morgan fingerprint density at radius 2 is 1.93 bits per heavy atom. The molecule has 0 amide bonds. The minimum Gasteiger partial charge on any atom is -0.505 e. The molecule has 0 saturated carbocycles. The van der Waals surface area contributed by atoms with Crippen molar-refractivity contribution in [2.45, 2.75) is 5.92 Å². The number of phenols is 2. The van der Waals surface area contributed by atoms with Crippen molar-refractivity contribution in [2.24, 2.45) is 0 Å². The third-order valence-electron chi connectivity index (χ3n) is 4.53. The summed E-state index contributed by atoms with van der Waals surface area (Å²) in [5.74, 6) is -3.75. The van der Waals surface area contributed by atoms with Crippen molar-refractivity contribution in [3.8, 4) is 17.6 Å². The van der Waals surface area contributed by atoms with E-state index in [1.54, 1.807) is 6.08 Å². The number of hydrogen-bond donors (Lipinski definition) is 2. The molecular formula is C20H10ClF2NO3. The lowest BCUT2D eigenvalue weighted by Gasteiger charge is -2.17. The fourth-order valence-corrected chi connectivity index (χ4v) is 3.52. The molecule has 0 aliphatic heterocycles. The van der Waals surface area contributed by atoms with Crippen LogP contribution in [0.15, 0.2) is 41.0 Å². The van der Waals surface area contributed by atoms with E-state index in [1.165, 1.54) is 30.5 Å². The monoisotopic (exact) mass is 385 g/mol. The number of hydrogen-bond acceptors (Lipinski definition) is 4. The number of rotatable bonds is 2. The highest BCUT2D eigenvalue weighted by Crippen LogP contribution is 2.50. The van der Waals surface area contributed by atoms with Gasteiger partial charge in [0.1, 0.15) is 11.8 Å². The minimum atomic E-state index is -0.934. The maximum Gasteiger partial charge on any atom is 0.170 e. The van der Waals surface area contributed by atoms with Crippen LogP contribution in [0.25, 0.3) is 11.6 Å². The normalized spacial score (nSPS) is 15.3. The number of phenolic OH excluding ortho intramolecular Hbond substituents is 2. The molecule has 4 nitrogen and oxygen atoms in total. The highest BCUT2D eigenvalue weighted by molar-refractivity contribution is 6.32. The molecule has 7 heteroatoms. The summed E-state index contributed by atoms with van der Waals surface area (Å²) in [6, 6.07) is 8.55. The molecule has 134 valence electrons. The largest absolute Gasteiger partial charge is 0.505 e. The molecule has 3 aromatic rings. The molecule has 1 aliphatic rings. The summed E-state index contributed by atoms with van der Waals surface area (Å²) >= 11 is 5.89. The van der Waals surface area contributed by atoms with E-state index < -0.39 is 29.1 Å². The molecule has 2 aromatic carbocycles. The summed E-state index contributed by atoms with van der Waals surface area (Å²) in [5, 5.41) is 28.5. The van der Waals surface area contributed by atoms with Crippen LogP contribution in [0.4, 0.5) is 8.78 Å². The fraction of sp³-hybridized carbons (Fsp3) is 0.0500. The fourth-order valence-electron chi connectivity index (χ4n) is 3.31. The molecule has 0 radical (unpaired) electrons. The summed E-state index contributed by atoms with van der Waals surface area (Å²) in [6.07, 6.45) is 2.91. The quantitative estimate of drug-likeness (QED) is 0.637. The Hall–Kier alpha value is -3.30. The molecule has 1 unspecified atom stereocenters. The average Bonchev–Trinajstić information content (AvgIpc) is 3.26. The Kier molecular flexibility index (Phi) is 3.90. The molecular weight excluding hydrogens is 376 g/mol. The van der Waals surface area contributed by atoms with E-state index in [1.807, 2.05) is 6.07 Å². The highest BCUT2D eigenvalue weighted by atomic mass is 35.5.